The van der Waals surface area contributed by atoms with E-state index in [0.29, 0.717) is 23.2 Å². The lowest BCUT2D eigenvalue weighted by molar-refractivity contribution is 0.0892. The van der Waals surface area contributed by atoms with E-state index in [4.69, 9.17) is 4.98 Å². The number of carbonyl (C=O) groups is 1. The summed E-state index contributed by atoms with van der Waals surface area (Å²) >= 11 is 1.70. The fraction of sp³-hybridized carbons (Fsp3) is 0.360. The second-order valence-corrected chi connectivity index (χ2v) is 9.16. The number of fused-ring (bicyclic) bond motifs is 1. The van der Waals surface area contributed by atoms with Crippen molar-refractivity contribution >= 4 is 40.1 Å². The van der Waals surface area contributed by atoms with Crippen molar-refractivity contribution in [3.05, 3.63) is 60.2 Å². The fourth-order valence-electron chi connectivity index (χ4n) is 4.31. The smallest absolute Gasteiger partial charge is 0.252 e. The Morgan fingerprint density at radius 1 is 1.07 bits per heavy atom. The van der Waals surface area contributed by atoms with Crippen LogP contribution < -0.4 is 10.6 Å². The Hall–Kier alpha value is -2.53. The number of para-hydroxylation sites is 1. The van der Waals surface area contributed by atoms with Gasteiger partial charge in [0.1, 0.15) is 5.82 Å². The number of rotatable bonds is 5. The molecule has 1 aromatic heterocycles. The predicted molar refractivity (Wildman–Crippen MR) is 127 cm³/mol. The van der Waals surface area contributed by atoms with E-state index in [9.17, 15) is 4.79 Å². The van der Waals surface area contributed by atoms with Gasteiger partial charge in [-0.25, -0.2) is 4.98 Å². The van der Waals surface area contributed by atoms with Gasteiger partial charge in [0.15, 0.2) is 0 Å². The summed E-state index contributed by atoms with van der Waals surface area (Å²) in [5, 5.41) is 7.58. The molecule has 0 unspecified atom stereocenters. The Balaban J connectivity index is 1.65. The summed E-state index contributed by atoms with van der Waals surface area (Å²) in [7, 11) is 0. The first-order chi connectivity index (χ1) is 14.5. The van der Waals surface area contributed by atoms with Crippen LogP contribution in [-0.4, -0.2) is 23.2 Å². The molecule has 4 rings (SSSR count). The molecule has 3 atom stereocenters. The van der Waals surface area contributed by atoms with E-state index >= 15 is 0 Å². The molecule has 1 amide bonds. The third-order valence-corrected chi connectivity index (χ3v) is 7.05. The van der Waals surface area contributed by atoms with Crippen molar-refractivity contribution in [2.24, 2.45) is 11.8 Å². The van der Waals surface area contributed by atoms with E-state index < -0.39 is 0 Å². The molecule has 0 spiro atoms. The van der Waals surface area contributed by atoms with Crippen LogP contribution in [0.3, 0.4) is 0 Å². The Morgan fingerprint density at radius 2 is 1.90 bits per heavy atom. The molecular formula is C25H29N3OS. The van der Waals surface area contributed by atoms with Gasteiger partial charge < -0.3 is 10.6 Å². The number of nitrogens with zero attached hydrogens (tertiary/aromatic N) is 1. The van der Waals surface area contributed by atoms with Gasteiger partial charge in [-0.1, -0.05) is 51.0 Å². The molecule has 0 aliphatic heterocycles. The Bertz CT molecular complexity index is 1050. The molecule has 1 aliphatic carbocycles. The fourth-order valence-corrected chi connectivity index (χ4v) is 4.77. The molecule has 2 N–H and O–H groups in total. The van der Waals surface area contributed by atoms with Gasteiger partial charge in [0, 0.05) is 22.0 Å². The monoisotopic (exact) mass is 419 g/mol. The highest BCUT2D eigenvalue weighted by atomic mass is 32.2. The molecule has 5 heteroatoms. The van der Waals surface area contributed by atoms with Crippen LogP contribution in [0.5, 0.6) is 0 Å². The van der Waals surface area contributed by atoms with Crippen LogP contribution >= 0.6 is 11.8 Å². The van der Waals surface area contributed by atoms with Crippen LogP contribution in [0.1, 0.15) is 43.5 Å². The maximum Gasteiger partial charge on any atom is 0.252 e. The minimum absolute atomic E-state index is 0.0135. The molecule has 156 valence electrons. The van der Waals surface area contributed by atoms with Gasteiger partial charge >= 0.3 is 0 Å². The summed E-state index contributed by atoms with van der Waals surface area (Å²) < 4.78 is 0. The number of aromatic nitrogens is 1. The highest BCUT2D eigenvalue weighted by molar-refractivity contribution is 7.98. The minimum atomic E-state index is -0.0135. The van der Waals surface area contributed by atoms with E-state index in [-0.39, 0.29) is 11.9 Å². The molecule has 1 fully saturated rings. The lowest BCUT2D eigenvalue weighted by Crippen LogP contribution is -2.43. The van der Waals surface area contributed by atoms with E-state index in [1.807, 2.05) is 42.5 Å². The number of benzene rings is 2. The van der Waals surface area contributed by atoms with Crippen molar-refractivity contribution < 1.29 is 4.79 Å². The highest BCUT2D eigenvalue weighted by Crippen LogP contribution is 2.30. The SMILES string of the molecule is CSc1cccc(Nc2cc(C(=O)N[C@@H]3CCC[C@H](C)[C@@H]3C)c3ccccc3n2)c1. The van der Waals surface area contributed by atoms with E-state index in [1.54, 1.807) is 11.8 Å². The first kappa shape index (κ1) is 20.7. The lowest BCUT2D eigenvalue weighted by atomic mass is 9.78. The molecule has 1 aliphatic rings. The zero-order valence-electron chi connectivity index (χ0n) is 17.8. The van der Waals surface area contributed by atoms with Gasteiger partial charge in [0.2, 0.25) is 0 Å². The van der Waals surface area contributed by atoms with E-state index in [1.165, 1.54) is 17.7 Å². The van der Waals surface area contributed by atoms with Crippen molar-refractivity contribution in [3.8, 4) is 0 Å². The molecule has 0 saturated heterocycles. The van der Waals surface area contributed by atoms with E-state index in [0.717, 1.165) is 23.0 Å². The quantitative estimate of drug-likeness (QED) is 0.480. The second kappa shape index (κ2) is 9.09. The molecule has 30 heavy (non-hydrogen) atoms. The van der Waals surface area contributed by atoms with Crippen LogP contribution in [0.2, 0.25) is 0 Å². The molecular weight excluding hydrogens is 390 g/mol. The van der Waals surface area contributed by atoms with Gasteiger partial charge in [0.05, 0.1) is 11.1 Å². The van der Waals surface area contributed by atoms with E-state index in [2.05, 4.69) is 42.9 Å². The Kier molecular flexibility index (Phi) is 6.28. The third kappa shape index (κ3) is 4.46. The number of pyridine rings is 1. The summed E-state index contributed by atoms with van der Waals surface area (Å²) in [6, 6.07) is 18.2. The third-order valence-electron chi connectivity index (χ3n) is 6.33. The summed E-state index contributed by atoms with van der Waals surface area (Å²) in [6.45, 7) is 4.54. The van der Waals surface area contributed by atoms with Crippen LogP contribution in [0, 0.1) is 11.8 Å². The molecule has 2 aromatic carbocycles. The summed E-state index contributed by atoms with van der Waals surface area (Å²) in [6.07, 6.45) is 5.52. The molecule has 1 heterocycles. The van der Waals surface area contributed by atoms with Gasteiger partial charge in [0.25, 0.3) is 5.91 Å². The van der Waals surface area contributed by atoms with Gasteiger partial charge in [-0.05, 0) is 54.8 Å². The molecule has 1 saturated carbocycles. The first-order valence-corrected chi connectivity index (χ1v) is 11.9. The summed E-state index contributed by atoms with van der Waals surface area (Å²) in [5.74, 6) is 1.80. The summed E-state index contributed by atoms with van der Waals surface area (Å²) in [5.41, 5.74) is 2.46. The standard InChI is InChI=1S/C25H29N3OS/c1-16-8-6-13-22(17(16)2)28-25(29)21-15-24(27-23-12-5-4-11-20(21)23)26-18-9-7-10-19(14-18)30-3/h4-5,7,9-12,14-17,22H,6,8,13H2,1-3H3,(H,26,27)(H,28,29)/t16-,17-,22+/m0/s1. The largest absolute Gasteiger partial charge is 0.349 e. The van der Waals surface area contributed by atoms with Crippen LogP contribution in [0.4, 0.5) is 11.5 Å². The molecule has 0 bridgehead atoms. The zero-order valence-corrected chi connectivity index (χ0v) is 18.6. The van der Waals surface area contributed by atoms with Crippen molar-refractivity contribution in [3.63, 3.8) is 0 Å². The molecule has 4 nitrogen and oxygen atoms in total. The highest BCUT2D eigenvalue weighted by Gasteiger charge is 2.28. The topological polar surface area (TPSA) is 54.0 Å². The number of anilines is 2. The molecule has 0 radical (unpaired) electrons. The maximum atomic E-state index is 13.3. The Morgan fingerprint density at radius 3 is 2.73 bits per heavy atom. The van der Waals surface area contributed by atoms with Gasteiger partial charge in [-0.15, -0.1) is 11.8 Å². The van der Waals surface area contributed by atoms with Gasteiger partial charge in [-0.2, -0.15) is 0 Å². The number of hydrogen-bond donors (Lipinski definition) is 2. The van der Waals surface area contributed by atoms with Crippen molar-refractivity contribution in [1.82, 2.24) is 10.3 Å². The minimum Gasteiger partial charge on any atom is -0.349 e. The summed E-state index contributed by atoms with van der Waals surface area (Å²) in [4.78, 5) is 19.2. The van der Waals surface area contributed by atoms with Crippen molar-refractivity contribution in [2.45, 2.75) is 44.0 Å². The number of nitrogens with one attached hydrogen (secondary N) is 2. The number of thioether (sulfide) groups is 1. The first-order valence-electron chi connectivity index (χ1n) is 10.7. The van der Waals surface area contributed by atoms with Crippen LogP contribution in [0.25, 0.3) is 10.9 Å². The number of hydrogen-bond acceptors (Lipinski definition) is 4. The van der Waals surface area contributed by atoms with Crippen LogP contribution in [0.15, 0.2) is 59.5 Å². The average Bonchev–Trinajstić information content (AvgIpc) is 2.76. The van der Waals surface area contributed by atoms with Crippen LogP contribution in [-0.2, 0) is 0 Å². The Labute approximate surface area is 182 Å². The van der Waals surface area contributed by atoms with Crippen molar-refractivity contribution in [2.75, 3.05) is 11.6 Å². The maximum absolute atomic E-state index is 13.3. The lowest BCUT2D eigenvalue weighted by Gasteiger charge is -2.34. The predicted octanol–water partition coefficient (Wildman–Crippen LogP) is 6.25. The number of amides is 1. The van der Waals surface area contributed by atoms with Crippen molar-refractivity contribution in [1.29, 1.82) is 0 Å². The normalized spacial score (nSPS) is 21.4. The second-order valence-electron chi connectivity index (χ2n) is 8.28. The number of carbonyl (C=O) groups excluding carboxylic acids is 1. The van der Waals surface area contributed by atoms with Gasteiger partial charge in [-0.3, -0.25) is 4.79 Å². The zero-order chi connectivity index (χ0) is 21.1. The average molecular weight is 420 g/mol. The molecule has 3 aromatic rings.